The van der Waals surface area contributed by atoms with E-state index >= 15 is 0 Å². The highest BCUT2D eigenvalue weighted by atomic mass is 16.5. The SMILES string of the molecule is c1ccc(CCC2COc3ccccc3C2)cc1. The molecule has 0 aromatic heterocycles. The van der Waals surface area contributed by atoms with Crippen LogP contribution in [0.25, 0.3) is 0 Å². The molecule has 1 heteroatoms. The number of ether oxygens (including phenoxy) is 1. The molecule has 0 aliphatic carbocycles. The van der Waals surface area contributed by atoms with Crippen LogP contribution >= 0.6 is 0 Å². The topological polar surface area (TPSA) is 9.23 Å². The van der Waals surface area contributed by atoms with Gasteiger partial charge in [-0.2, -0.15) is 0 Å². The molecule has 0 spiro atoms. The van der Waals surface area contributed by atoms with Crippen LogP contribution in [0.5, 0.6) is 5.75 Å². The third kappa shape index (κ3) is 2.56. The largest absolute Gasteiger partial charge is 0.493 e. The summed E-state index contributed by atoms with van der Waals surface area (Å²) in [5.74, 6) is 1.73. The van der Waals surface area contributed by atoms with E-state index in [1.807, 2.05) is 6.07 Å². The van der Waals surface area contributed by atoms with Crippen LogP contribution in [-0.2, 0) is 12.8 Å². The lowest BCUT2D eigenvalue weighted by Crippen LogP contribution is -2.21. The third-order valence-corrected chi connectivity index (χ3v) is 3.64. The second-order valence-corrected chi connectivity index (χ2v) is 5.01. The molecular weight excluding hydrogens is 220 g/mol. The Hall–Kier alpha value is -1.76. The Morgan fingerprint density at radius 1 is 0.944 bits per heavy atom. The van der Waals surface area contributed by atoms with Crippen molar-refractivity contribution >= 4 is 0 Å². The molecule has 0 radical (unpaired) electrons. The predicted molar refractivity (Wildman–Crippen MR) is 73.9 cm³/mol. The molecule has 0 N–H and O–H groups in total. The van der Waals surface area contributed by atoms with Crippen molar-refractivity contribution in [1.29, 1.82) is 0 Å². The van der Waals surface area contributed by atoms with E-state index in [9.17, 15) is 0 Å². The molecule has 1 unspecified atom stereocenters. The Morgan fingerprint density at radius 3 is 2.61 bits per heavy atom. The van der Waals surface area contributed by atoms with Crippen molar-refractivity contribution in [2.45, 2.75) is 19.3 Å². The van der Waals surface area contributed by atoms with Crippen LogP contribution in [-0.4, -0.2) is 6.61 Å². The summed E-state index contributed by atoms with van der Waals surface area (Å²) in [7, 11) is 0. The molecule has 2 aromatic rings. The first-order valence-corrected chi connectivity index (χ1v) is 6.66. The smallest absolute Gasteiger partial charge is 0.122 e. The zero-order valence-corrected chi connectivity index (χ0v) is 10.5. The second-order valence-electron chi connectivity index (χ2n) is 5.01. The average molecular weight is 238 g/mol. The van der Waals surface area contributed by atoms with Crippen molar-refractivity contribution in [2.24, 2.45) is 5.92 Å². The molecule has 1 aliphatic heterocycles. The van der Waals surface area contributed by atoms with Gasteiger partial charge in [0.05, 0.1) is 6.61 Å². The summed E-state index contributed by atoms with van der Waals surface area (Å²) < 4.78 is 5.82. The van der Waals surface area contributed by atoms with E-state index < -0.39 is 0 Å². The Bertz CT molecular complexity index is 504. The third-order valence-electron chi connectivity index (χ3n) is 3.64. The van der Waals surface area contributed by atoms with E-state index in [0.717, 1.165) is 25.2 Å². The minimum Gasteiger partial charge on any atom is -0.493 e. The summed E-state index contributed by atoms with van der Waals surface area (Å²) in [6.07, 6.45) is 3.51. The fourth-order valence-corrected chi connectivity index (χ4v) is 2.59. The Labute approximate surface area is 108 Å². The molecule has 92 valence electrons. The van der Waals surface area contributed by atoms with Gasteiger partial charge in [0.1, 0.15) is 5.75 Å². The molecule has 1 heterocycles. The summed E-state index contributed by atoms with van der Waals surface area (Å²) in [5, 5.41) is 0. The molecule has 1 nitrogen and oxygen atoms in total. The van der Waals surface area contributed by atoms with Crippen molar-refractivity contribution in [3.63, 3.8) is 0 Å². The highest BCUT2D eigenvalue weighted by molar-refractivity contribution is 5.35. The van der Waals surface area contributed by atoms with Crippen molar-refractivity contribution < 1.29 is 4.74 Å². The van der Waals surface area contributed by atoms with Crippen molar-refractivity contribution in [1.82, 2.24) is 0 Å². The minimum atomic E-state index is 0.653. The lowest BCUT2D eigenvalue weighted by atomic mass is 9.91. The highest BCUT2D eigenvalue weighted by Crippen LogP contribution is 2.28. The predicted octanol–water partition coefficient (Wildman–Crippen LogP) is 3.87. The van der Waals surface area contributed by atoms with Gasteiger partial charge in [-0.15, -0.1) is 0 Å². The molecule has 3 rings (SSSR count). The van der Waals surface area contributed by atoms with Gasteiger partial charge in [0.25, 0.3) is 0 Å². The summed E-state index contributed by atoms with van der Waals surface area (Å²) in [5.41, 5.74) is 2.79. The summed E-state index contributed by atoms with van der Waals surface area (Å²) in [6.45, 7) is 0.865. The summed E-state index contributed by atoms with van der Waals surface area (Å²) in [6, 6.07) is 19.1. The van der Waals surface area contributed by atoms with Crippen LogP contribution in [0.3, 0.4) is 0 Å². The maximum absolute atomic E-state index is 5.82. The lowest BCUT2D eigenvalue weighted by molar-refractivity contribution is 0.214. The number of rotatable bonds is 3. The van der Waals surface area contributed by atoms with Gasteiger partial charge >= 0.3 is 0 Å². The quantitative estimate of drug-likeness (QED) is 0.788. The molecule has 2 aromatic carbocycles. The molecule has 1 aliphatic rings. The van der Waals surface area contributed by atoms with Gasteiger partial charge in [-0.1, -0.05) is 48.5 Å². The van der Waals surface area contributed by atoms with Crippen LogP contribution in [0.15, 0.2) is 54.6 Å². The lowest BCUT2D eigenvalue weighted by Gasteiger charge is -2.25. The molecule has 0 fully saturated rings. The van der Waals surface area contributed by atoms with Crippen molar-refractivity contribution in [3.05, 3.63) is 65.7 Å². The maximum atomic E-state index is 5.82. The molecule has 18 heavy (non-hydrogen) atoms. The summed E-state index contributed by atoms with van der Waals surface area (Å²) in [4.78, 5) is 0. The fourth-order valence-electron chi connectivity index (χ4n) is 2.59. The van der Waals surface area contributed by atoms with E-state index in [1.165, 1.54) is 17.5 Å². The Kier molecular flexibility index (Phi) is 3.31. The second kappa shape index (κ2) is 5.26. The van der Waals surface area contributed by atoms with Crippen LogP contribution in [0.2, 0.25) is 0 Å². The fraction of sp³-hybridized carbons (Fsp3) is 0.294. The Balaban J connectivity index is 1.60. The number of para-hydroxylation sites is 1. The van der Waals surface area contributed by atoms with Crippen LogP contribution in [0, 0.1) is 5.92 Å². The van der Waals surface area contributed by atoms with E-state index in [2.05, 4.69) is 48.5 Å². The maximum Gasteiger partial charge on any atom is 0.122 e. The van der Waals surface area contributed by atoms with Gasteiger partial charge in [0.15, 0.2) is 0 Å². The van der Waals surface area contributed by atoms with E-state index in [-0.39, 0.29) is 0 Å². The first-order valence-electron chi connectivity index (χ1n) is 6.66. The number of hydrogen-bond donors (Lipinski definition) is 0. The van der Waals surface area contributed by atoms with E-state index in [4.69, 9.17) is 4.74 Å². The Morgan fingerprint density at radius 2 is 1.72 bits per heavy atom. The minimum absolute atomic E-state index is 0.653. The first-order chi connectivity index (χ1) is 8.92. The summed E-state index contributed by atoms with van der Waals surface area (Å²) >= 11 is 0. The number of fused-ring (bicyclic) bond motifs is 1. The van der Waals surface area contributed by atoms with Gasteiger partial charge in [-0.3, -0.25) is 0 Å². The van der Waals surface area contributed by atoms with Crippen LogP contribution in [0.4, 0.5) is 0 Å². The zero-order chi connectivity index (χ0) is 12.2. The monoisotopic (exact) mass is 238 g/mol. The molecular formula is C17H18O. The van der Waals surface area contributed by atoms with Gasteiger partial charge < -0.3 is 4.74 Å². The molecule has 0 saturated heterocycles. The zero-order valence-electron chi connectivity index (χ0n) is 10.5. The normalized spacial score (nSPS) is 17.9. The van der Waals surface area contributed by atoms with Crippen LogP contribution in [0.1, 0.15) is 17.5 Å². The van der Waals surface area contributed by atoms with E-state index in [0.29, 0.717) is 5.92 Å². The highest BCUT2D eigenvalue weighted by Gasteiger charge is 2.18. The van der Waals surface area contributed by atoms with Crippen molar-refractivity contribution in [2.75, 3.05) is 6.61 Å². The molecule has 0 saturated carbocycles. The van der Waals surface area contributed by atoms with Gasteiger partial charge in [-0.25, -0.2) is 0 Å². The number of benzene rings is 2. The van der Waals surface area contributed by atoms with E-state index in [1.54, 1.807) is 0 Å². The van der Waals surface area contributed by atoms with Gasteiger partial charge in [-0.05, 0) is 42.4 Å². The molecule has 1 atom stereocenters. The first kappa shape index (κ1) is 11.3. The van der Waals surface area contributed by atoms with Crippen molar-refractivity contribution in [3.8, 4) is 5.75 Å². The average Bonchev–Trinajstić information content (AvgIpc) is 2.46. The van der Waals surface area contributed by atoms with Gasteiger partial charge in [0, 0.05) is 0 Å². The van der Waals surface area contributed by atoms with Crippen LogP contribution < -0.4 is 4.74 Å². The number of hydrogen-bond acceptors (Lipinski definition) is 1. The standard InChI is InChI=1S/C17H18O/c1-2-6-14(7-3-1)10-11-15-12-16-8-4-5-9-17(16)18-13-15/h1-9,15H,10-13H2. The molecule has 0 bridgehead atoms. The number of aryl methyl sites for hydroxylation is 1. The van der Waals surface area contributed by atoms with Gasteiger partial charge in [0.2, 0.25) is 0 Å². The molecule has 0 amide bonds.